The highest BCUT2D eigenvalue weighted by atomic mass is 35.5. The van der Waals surface area contributed by atoms with E-state index in [9.17, 15) is 19.4 Å². The van der Waals surface area contributed by atoms with Crippen LogP contribution < -0.4 is 5.32 Å². The molecule has 0 aromatic heterocycles. The fourth-order valence-electron chi connectivity index (χ4n) is 4.09. The lowest BCUT2D eigenvalue weighted by Crippen LogP contribution is -2.39. The summed E-state index contributed by atoms with van der Waals surface area (Å²) in [4.78, 5) is 14.3. The molecule has 1 atom stereocenters. The molecule has 1 fully saturated rings. The van der Waals surface area contributed by atoms with Crippen LogP contribution >= 0.6 is 23.2 Å². The van der Waals surface area contributed by atoms with Crippen molar-refractivity contribution >= 4 is 29.1 Å². The summed E-state index contributed by atoms with van der Waals surface area (Å²) in [6.07, 6.45) is 1.79. The van der Waals surface area contributed by atoms with Crippen LogP contribution in [0.4, 0.5) is 4.39 Å². The lowest BCUT2D eigenvalue weighted by Gasteiger charge is -2.29. The first-order valence-corrected chi connectivity index (χ1v) is 10.9. The van der Waals surface area contributed by atoms with Crippen molar-refractivity contribution in [2.45, 2.75) is 37.5 Å². The molecular formula is C23H23Cl2FN2O3. The van der Waals surface area contributed by atoms with Crippen LogP contribution in [0.5, 0.6) is 0 Å². The number of amides is 1. The largest absolute Gasteiger partial charge is 0.503 e. The Labute approximate surface area is 190 Å². The molecule has 1 amide bonds. The van der Waals surface area contributed by atoms with Gasteiger partial charge in [-0.2, -0.15) is 0 Å². The molecule has 0 radical (unpaired) electrons. The quantitative estimate of drug-likeness (QED) is 0.401. The fraction of sp³-hybridized carbons (Fsp3) is 0.348. The Kier molecular flexibility index (Phi) is 6.26. The molecule has 1 saturated carbocycles. The van der Waals surface area contributed by atoms with E-state index in [1.165, 1.54) is 12.1 Å². The molecule has 4 rings (SSSR count). The van der Waals surface area contributed by atoms with E-state index in [4.69, 9.17) is 23.2 Å². The molecule has 2 aromatic rings. The van der Waals surface area contributed by atoms with Gasteiger partial charge in [0.15, 0.2) is 5.76 Å². The van der Waals surface area contributed by atoms with Crippen LogP contribution in [0.1, 0.15) is 30.4 Å². The summed E-state index contributed by atoms with van der Waals surface area (Å²) < 4.78 is 13.3. The first kappa shape index (κ1) is 22.1. The fourth-order valence-corrected chi connectivity index (χ4v) is 4.41. The maximum Gasteiger partial charge on any atom is 0.289 e. The number of nitrogens with zero attached hydrogens (tertiary/aromatic N) is 1. The van der Waals surface area contributed by atoms with Gasteiger partial charge in [-0.15, -0.1) is 0 Å². The van der Waals surface area contributed by atoms with Crippen molar-refractivity contribution in [3.05, 3.63) is 80.8 Å². The minimum atomic E-state index is -1.13. The van der Waals surface area contributed by atoms with Crippen molar-refractivity contribution in [1.82, 2.24) is 10.2 Å². The highest BCUT2D eigenvalue weighted by molar-refractivity contribution is 6.42. The highest BCUT2D eigenvalue weighted by Crippen LogP contribution is 2.53. The molecule has 31 heavy (non-hydrogen) atoms. The third-order valence-corrected chi connectivity index (χ3v) is 6.74. The number of hydrogen-bond donors (Lipinski definition) is 3. The van der Waals surface area contributed by atoms with E-state index in [2.05, 4.69) is 5.32 Å². The Morgan fingerprint density at radius 3 is 2.48 bits per heavy atom. The summed E-state index contributed by atoms with van der Waals surface area (Å²) >= 11 is 11.9. The number of aliphatic hydroxyl groups is 2. The topological polar surface area (TPSA) is 72.8 Å². The molecule has 1 aliphatic carbocycles. The highest BCUT2D eigenvalue weighted by Gasteiger charge is 2.55. The van der Waals surface area contributed by atoms with Gasteiger partial charge in [0.2, 0.25) is 0 Å². The van der Waals surface area contributed by atoms with E-state index in [-0.39, 0.29) is 17.9 Å². The summed E-state index contributed by atoms with van der Waals surface area (Å²) in [5.74, 6) is -1.26. The first-order chi connectivity index (χ1) is 14.8. The Hall–Kier alpha value is -2.12. The third kappa shape index (κ3) is 4.44. The minimum Gasteiger partial charge on any atom is -0.503 e. The van der Waals surface area contributed by atoms with Crippen LogP contribution in [-0.4, -0.2) is 40.3 Å². The molecule has 1 aliphatic heterocycles. The monoisotopic (exact) mass is 464 g/mol. The zero-order chi connectivity index (χ0) is 22.2. The van der Waals surface area contributed by atoms with Crippen molar-refractivity contribution in [2.75, 3.05) is 13.1 Å². The van der Waals surface area contributed by atoms with Gasteiger partial charge in [0.05, 0.1) is 22.1 Å². The van der Waals surface area contributed by atoms with Crippen molar-refractivity contribution in [3.63, 3.8) is 0 Å². The smallest absolute Gasteiger partial charge is 0.289 e. The van der Waals surface area contributed by atoms with Crippen LogP contribution in [0.3, 0.4) is 0 Å². The predicted molar refractivity (Wildman–Crippen MR) is 117 cm³/mol. The first-order valence-electron chi connectivity index (χ1n) is 10.2. The normalized spacial score (nSPS) is 18.6. The molecular weight excluding hydrogens is 442 g/mol. The van der Waals surface area contributed by atoms with Gasteiger partial charge in [0.25, 0.3) is 5.91 Å². The van der Waals surface area contributed by atoms with Gasteiger partial charge in [-0.3, -0.25) is 10.1 Å². The van der Waals surface area contributed by atoms with Crippen LogP contribution in [-0.2, 0) is 16.8 Å². The maximum atomic E-state index is 13.3. The van der Waals surface area contributed by atoms with E-state index in [0.29, 0.717) is 16.6 Å². The Morgan fingerprint density at radius 1 is 1.13 bits per heavy atom. The number of rotatable bonds is 8. The molecule has 1 unspecified atom stereocenters. The van der Waals surface area contributed by atoms with Gasteiger partial charge in [-0.1, -0.05) is 41.4 Å². The van der Waals surface area contributed by atoms with Crippen LogP contribution in [0.25, 0.3) is 0 Å². The van der Waals surface area contributed by atoms with Gasteiger partial charge in [0, 0.05) is 5.57 Å². The molecule has 0 saturated heterocycles. The predicted octanol–water partition coefficient (Wildman–Crippen LogP) is 4.32. The van der Waals surface area contributed by atoms with Gasteiger partial charge < -0.3 is 15.1 Å². The summed E-state index contributed by atoms with van der Waals surface area (Å²) in [5.41, 5.74) is 1.58. The Balaban J connectivity index is 1.34. The number of carbonyl (C=O) groups is 1. The standard InChI is InChI=1S/C23H23Cl2FN2O3/c24-18-8-3-14(12-19(18)25)2-1-11-27-21(30)17-13-28(22(31)20(17)29)23(9-10-23)15-4-6-16(26)7-5-15/h3-8,12,21,27,29-30H,1-2,9-11,13H2. The number of nitrogens with one attached hydrogen (secondary N) is 1. The van der Waals surface area contributed by atoms with Gasteiger partial charge in [0.1, 0.15) is 12.0 Å². The number of carbonyl (C=O) groups excluding carboxylic acids is 1. The van der Waals surface area contributed by atoms with Crippen molar-refractivity contribution in [2.24, 2.45) is 0 Å². The average molecular weight is 465 g/mol. The van der Waals surface area contributed by atoms with Crippen molar-refractivity contribution < 1.29 is 19.4 Å². The average Bonchev–Trinajstić information content (AvgIpc) is 3.49. The maximum absolute atomic E-state index is 13.3. The second kappa shape index (κ2) is 8.79. The number of hydrogen-bond acceptors (Lipinski definition) is 4. The summed E-state index contributed by atoms with van der Waals surface area (Å²) in [5, 5.41) is 24.9. The molecule has 3 N–H and O–H groups in total. The van der Waals surface area contributed by atoms with Crippen molar-refractivity contribution in [3.8, 4) is 0 Å². The lowest BCUT2D eigenvalue weighted by molar-refractivity contribution is -0.130. The molecule has 2 aromatic carbocycles. The van der Waals surface area contributed by atoms with Crippen LogP contribution in [0, 0.1) is 5.82 Å². The number of halogens is 3. The van der Waals surface area contributed by atoms with Gasteiger partial charge >= 0.3 is 0 Å². The molecule has 1 heterocycles. The van der Waals surface area contributed by atoms with Gasteiger partial charge in [-0.25, -0.2) is 4.39 Å². The second-order valence-corrected chi connectivity index (χ2v) is 8.83. The number of aryl methyl sites for hydroxylation is 1. The zero-order valence-corrected chi connectivity index (χ0v) is 18.3. The SMILES string of the molecule is O=C1C(O)=C(C(O)NCCCc2ccc(Cl)c(Cl)c2)CN1C1(c2ccc(F)cc2)CC1. The minimum absolute atomic E-state index is 0.128. The molecule has 164 valence electrons. The Morgan fingerprint density at radius 2 is 1.84 bits per heavy atom. The van der Waals surface area contributed by atoms with E-state index in [1.807, 2.05) is 12.1 Å². The van der Waals surface area contributed by atoms with Crippen LogP contribution in [0.2, 0.25) is 10.0 Å². The van der Waals surface area contributed by atoms with E-state index < -0.39 is 23.4 Å². The second-order valence-electron chi connectivity index (χ2n) is 8.01. The summed E-state index contributed by atoms with van der Waals surface area (Å²) in [7, 11) is 0. The van der Waals surface area contributed by atoms with Crippen molar-refractivity contribution in [1.29, 1.82) is 0 Å². The molecule has 0 bridgehead atoms. The molecule has 8 heteroatoms. The zero-order valence-electron chi connectivity index (χ0n) is 16.7. The Bertz CT molecular complexity index is 1020. The van der Waals surface area contributed by atoms with Gasteiger partial charge in [-0.05, 0) is 67.6 Å². The third-order valence-electron chi connectivity index (χ3n) is 6.00. The summed E-state index contributed by atoms with van der Waals surface area (Å²) in [6, 6.07) is 11.5. The number of benzene rings is 2. The van der Waals surface area contributed by atoms with Crippen LogP contribution in [0.15, 0.2) is 53.8 Å². The van der Waals surface area contributed by atoms with E-state index >= 15 is 0 Å². The number of aliphatic hydroxyl groups excluding tert-OH is 2. The van der Waals surface area contributed by atoms with E-state index in [1.54, 1.807) is 23.1 Å². The molecule has 0 spiro atoms. The molecule has 2 aliphatic rings. The van der Waals surface area contributed by atoms with E-state index in [0.717, 1.165) is 36.8 Å². The molecule has 5 nitrogen and oxygen atoms in total. The lowest BCUT2D eigenvalue weighted by atomic mass is 10.0. The summed E-state index contributed by atoms with van der Waals surface area (Å²) in [6.45, 7) is 0.610.